The number of piperazine rings is 1. The summed E-state index contributed by atoms with van der Waals surface area (Å²) >= 11 is 0. The summed E-state index contributed by atoms with van der Waals surface area (Å²) in [6, 6.07) is 3.91. The lowest BCUT2D eigenvalue weighted by molar-refractivity contribution is 0.0695. The normalized spacial score (nSPS) is 19.5. The highest BCUT2D eigenvalue weighted by atomic mass is 16.5. The van der Waals surface area contributed by atoms with Crippen LogP contribution < -0.4 is 20.4 Å². The van der Waals surface area contributed by atoms with Crippen LogP contribution in [0.4, 0.5) is 5.69 Å². The summed E-state index contributed by atoms with van der Waals surface area (Å²) in [6.07, 6.45) is 3.07. The lowest BCUT2D eigenvalue weighted by Gasteiger charge is -2.35. The zero-order valence-corrected chi connectivity index (χ0v) is 14.1. The molecule has 1 atom stereocenters. The fraction of sp³-hybridized carbons (Fsp3) is 0.333. The van der Waals surface area contributed by atoms with Crippen LogP contribution in [-0.2, 0) is 0 Å². The van der Waals surface area contributed by atoms with E-state index < -0.39 is 11.4 Å². The Kier molecular flexibility index (Phi) is 3.54. The molecule has 2 aromatic rings. The summed E-state index contributed by atoms with van der Waals surface area (Å²) in [7, 11) is 0. The molecule has 0 radical (unpaired) electrons. The average molecular weight is 341 g/mol. The minimum atomic E-state index is -1.23. The summed E-state index contributed by atoms with van der Waals surface area (Å²) in [5, 5.41) is 13.1. The van der Waals surface area contributed by atoms with Gasteiger partial charge in [0.1, 0.15) is 16.8 Å². The zero-order chi connectivity index (χ0) is 17.7. The van der Waals surface area contributed by atoms with Gasteiger partial charge in [0.05, 0.1) is 11.1 Å². The van der Waals surface area contributed by atoms with E-state index in [1.54, 1.807) is 16.8 Å². The Hall–Kier alpha value is -2.80. The summed E-state index contributed by atoms with van der Waals surface area (Å²) in [5.41, 5.74) is 0.804. The highest BCUT2D eigenvalue weighted by Crippen LogP contribution is 2.39. The lowest BCUT2D eigenvalue weighted by atomic mass is 10.1. The van der Waals surface area contributed by atoms with Crippen LogP contribution in [0.3, 0.4) is 0 Å². The molecule has 25 heavy (non-hydrogen) atoms. The standard InChI is InChI=1S/C18H19N3O4/c1-10-7-20(6-5-19-10)14-4-3-12-15-17(14)25-11(2)8-21(15)9-13(16(12)22)18(23)24/h3-4,8-10,19H,5-7H2,1-2H3,(H,23,24)/t10-/m0/s1. The van der Waals surface area contributed by atoms with Gasteiger partial charge in [0.2, 0.25) is 5.43 Å². The number of allylic oxidation sites excluding steroid dienone is 1. The predicted octanol–water partition coefficient (Wildman–Crippen LogP) is 1.71. The van der Waals surface area contributed by atoms with Crippen LogP contribution in [0.15, 0.2) is 28.9 Å². The Morgan fingerprint density at radius 1 is 1.40 bits per heavy atom. The summed E-state index contributed by atoms with van der Waals surface area (Å²) < 4.78 is 7.65. The fourth-order valence-corrected chi connectivity index (χ4v) is 3.55. The van der Waals surface area contributed by atoms with Gasteiger partial charge in [-0.3, -0.25) is 4.79 Å². The van der Waals surface area contributed by atoms with Crippen LogP contribution in [0, 0.1) is 0 Å². The summed E-state index contributed by atoms with van der Waals surface area (Å²) in [4.78, 5) is 26.2. The molecule has 1 fully saturated rings. The number of aromatic carboxylic acids is 1. The molecule has 130 valence electrons. The molecule has 1 aromatic heterocycles. The number of aromatic nitrogens is 1. The monoisotopic (exact) mass is 341 g/mol. The first-order valence-electron chi connectivity index (χ1n) is 8.25. The minimum absolute atomic E-state index is 0.243. The van der Waals surface area contributed by atoms with Crippen LogP contribution in [0.5, 0.6) is 5.75 Å². The maximum atomic E-state index is 12.5. The number of ether oxygens (including phenoxy) is 1. The third kappa shape index (κ3) is 2.47. The van der Waals surface area contributed by atoms with Crippen molar-refractivity contribution in [2.24, 2.45) is 0 Å². The van der Waals surface area contributed by atoms with Crippen molar-refractivity contribution in [1.82, 2.24) is 9.88 Å². The molecule has 2 N–H and O–H groups in total. The number of nitrogens with one attached hydrogen (secondary N) is 1. The van der Waals surface area contributed by atoms with E-state index in [0.717, 1.165) is 25.3 Å². The Bertz CT molecular complexity index is 976. The van der Waals surface area contributed by atoms with Gasteiger partial charge in [-0.2, -0.15) is 0 Å². The van der Waals surface area contributed by atoms with Gasteiger partial charge in [-0.25, -0.2) is 4.79 Å². The third-order valence-electron chi connectivity index (χ3n) is 4.65. The molecule has 7 nitrogen and oxygen atoms in total. The first-order chi connectivity index (χ1) is 12.0. The number of anilines is 1. The topological polar surface area (TPSA) is 83.8 Å². The van der Waals surface area contributed by atoms with Crippen molar-refractivity contribution in [3.63, 3.8) is 0 Å². The van der Waals surface area contributed by atoms with Gasteiger partial charge in [-0.05, 0) is 26.0 Å². The molecule has 0 spiro atoms. The van der Waals surface area contributed by atoms with Gasteiger partial charge < -0.3 is 24.6 Å². The summed E-state index contributed by atoms with van der Waals surface area (Å²) in [5.74, 6) is 0.0276. The molecule has 1 saturated heterocycles. The first-order valence-corrected chi connectivity index (χ1v) is 8.25. The molecular formula is C18H19N3O4. The molecular weight excluding hydrogens is 322 g/mol. The number of benzene rings is 1. The molecule has 1 aromatic carbocycles. The highest BCUT2D eigenvalue weighted by molar-refractivity contribution is 5.98. The number of carboxylic acid groups (broad SMARTS) is 1. The van der Waals surface area contributed by atoms with Crippen LogP contribution in [0.25, 0.3) is 17.1 Å². The van der Waals surface area contributed by atoms with Gasteiger partial charge in [0.25, 0.3) is 0 Å². The molecule has 2 aliphatic rings. The fourth-order valence-electron chi connectivity index (χ4n) is 3.55. The molecule has 0 amide bonds. The number of carbonyl (C=O) groups is 1. The average Bonchev–Trinajstić information content (AvgIpc) is 2.57. The Morgan fingerprint density at radius 2 is 2.20 bits per heavy atom. The van der Waals surface area contributed by atoms with Crippen molar-refractivity contribution in [2.75, 3.05) is 24.5 Å². The van der Waals surface area contributed by atoms with E-state index >= 15 is 0 Å². The largest absolute Gasteiger partial charge is 0.477 e. The van der Waals surface area contributed by atoms with Crippen LogP contribution in [0.1, 0.15) is 24.2 Å². The van der Waals surface area contributed by atoms with E-state index in [9.17, 15) is 14.7 Å². The quantitative estimate of drug-likeness (QED) is 0.865. The number of hydrogen-bond donors (Lipinski definition) is 2. The van der Waals surface area contributed by atoms with E-state index in [1.807, 2.05) is 13.0 Å². The number of carboxylic acids is 1. The SMILES string of the molecule is CC1=Cn2cc(C(=O)O)c(=O)c3ccc(N4CCN[C@@H](C)C4)c(c32)O1. The molecule has 0 bridgehead atoms. The van der Waals surface area contributed by atoms with Gasteiger partial charge in [-0.1, -0.05) is 0 Å². The highest BCUT2D eigenvalue weighted by Gasteiger charge is 2.26. The van der Waals surface area contributed by atoms with E-state index in [-0.39, 0.29) is 5.56 Å². The minimum Gasteiger partial charge on any atom is -0.477 e. The zero-order valence-electron chi connectivity index (χ0n) is 14.1. The van der Waals surface area contributed by atoms with Gasteiger partial charge in [0.15, 0.2) is 5.75 Å². The van der Waals surface area contributed by atoms with Crippen LogP contribution >= 0.6 is 0 Å². The maximum Gasteiger partial charge on any atom is 0.341 e. The van der Waals surface area contributed by atoms with Crippen LogP contribution in [0.2, 0.25) is 0 Å². The number of hydrogen-bond acceptors (Lipinski definition) is 5. The lowest BCUT2D eigenvalue weighted by Crippen LogP contribution is -2.49. The van der Waals surface area contributed by atoms with E-state index in [2.05, 4.69) is 17.1 Å². The van der Waals surface area contributed by atoms with E-state index in [0.29, 0.717) is 28.5 Å². The van der Waals surface area contributed by atoms with Crippen molar-refractivity contribution in [3.8, 4) is 5.75 Å². The van der Waals surface area contributed by atoms with Crippen molar-refractivity contribution in [2.45, 2.75) is 19.9 Å². The molecule has 7 heteroatoms. The molecule has 0 unspecified atom stereocenters. The number of nitrogens with zero attached hydrogens (tertiary/aromatic N) is 2. The Balaban J connectivity index is 1.98. The molecule has 0 aliphatic carbocycles. The van der Waals surface area contributed by atoms with E-state index in [4.69, 9.17) is 4.74 Å². The first kappa shape index (κ1) is 15.7. The Labute approximate surface area is 144 Å². The molecule has 3 heterocycles. The molecule has 0 saturated carbocycles. The van der Waals surface area contributed by atoms with Gasteiger partial charge in [0, 0.05) is 38.1 Å². The second-order valence-corrected chi connectivity index (χ2v) is 6.54. The Morgan fingerprint density at radius 3 is 2.92 bits per heavy atom. The van der Waals surface area contributed by atoms with Crippen molar-refractivity contribution >= 4 is 28.8 Å². The number of pyridine rings is 1. The van der Waals surface area contributed by atoms with Crippen molar-refractivity contribution < 1.29 is 14.6 Å². The molecule has 4 rings (SSSR count). The second kappa shape index (κ2) is 5.63. The summed E-state index contributed by atoms with van der Waals surface area (Å²) in [6.45, 7) is 6.48. The van der Waals surface area contributed by atoms with Crippen molar-refractivity contribution in [1.29, 1.82) is 0 Å². The van der Waals surface area contributed by atoms with Crippen molar-refractivity contribution in [3.05, 3.63) is 39.9 Å². The third-order valence-corrected chi connectivity index (χ3v) is 4.65. The predicted molar refractivity (Wildman–Crippen MR) is 95.4 cm³/mol. The second-order valence-electron chi connectivity index (χ2n) is 6.54. The smallest absolute Gasteiger partial charge is 0.341 e. The molecule has 2 aliphatic heterocycles. The maximum absolute atomic E-state index is 12.5. The van der Waals surface area contributed by atoms with Gasteiger partial charge >= 0.3 is 5.97 Å². The van der Waals surface area contributed by atoms with Crippen LogP contribution in [-0.4, -0.2) is 41.3 Å². The van der Waals surface area contributed by atoms with E-state index in [1.165, 1.54) is 6.20 Å². The van der Waals surface area contributed by atoms with Gasteiger partial charge in [-0.15, -0.1) is 0 Å². The number of rotatable bonds is 2.